The Morgan fingerprint density at radius 3 is 2.59 bits per heavy atom. The first-order chi connectivity index (χ1) is 15.3. The number of benzene rings is 2. The zero-order valence-corrected chi connectivity index (χ0v) is 18.6. The molecule has 4 nitrogen and oxygen atoms in total. The average molecular weight is 441 g/mol. The highest BCUT2D eigenvalue weighted by molar-refractivity contribution is 5.88. The van der Waals surface area contributed by atoms with E-state index < -0.39 is 5.92 Å². The number of aromatic amines is 1. The lowest BCUT2D eigenvalue weighted by atomic mass is 9.59. The van der Waals surface area contributed by atoms with Crippen molar-refractivity contribution in [2.24, 2.45) is 5.41 Å². The summed E-state index contributed by atoms with van der Waals surface area (Å²) in [6, 6.07) is 12.1. The number of aromatic nitrogens is 1. The van der Waals surface area contributed by atoms with Gasteiger partial charge in [0.25, 0.3) is 0 Å². The molecule has 1 aliphatic heterocycles. The van der Waals surface area contributed by atoms with Crippen LogP contribution in [0.25, 0.3) is 10.9 Å². The van der Waals surface area contributed by atoms with Crippen LogP contribution in [-0.2, 0) is 13.2 Å². The highest BCUT2D eigenvalue weighted by Gasteiger charge is 2.58. The van der Waals surface area contributed by atoms with Gasteiger partial charge >= 0.3 is 0 Å². The maximum atomic E-state index is 13.9. The molecular weight excluding hydrogens is 410 g/mol. The van der Waals surface area contributed by atoms with Crippen LogP contribution in [0, 0.1) is 12.3 Å². The number of hydrogen-bond acceptors (Lipinski definition) is 3. The summed E-state index contributed by atoms with van der Waals surface area (Å²) < 4.78 is 33.5. The van der Waals surface area contributed by atoms with E-state index in [1.165, 1.54) is 0 Å². The van der Waals surface area contributed by atoms with E-state index in [0.29, 0.717) is 6.54 Å². The molecule has 0 radical (unpaired) electrons. The Hall–Kier alpha value is -2.44. The highest BCUT2D eigenvalue weighted by atomic mass is 19.3. The maximum Gasteiger partial charge on any atom is 0.249 e. The third-order valence-corrected chi connectivity index (χ3v) is 7.50. The number of halogens is 2. The van der Waals surface area contributed by atoms with E-state index in [1.807, 2.05) is 30.5 Å². The number of alkyl halides is 2. The molecular formula is C26H30F2N2O2. The van der Waals surface area contributed by atoms with E-state index in [4.69, 9.17) is 4.74 Å². The molecule has 170 valence electrons. The van der Waals surface area contributed by atoms with Crippen LogP contribution < -0.4 is 4.74 Å². The van der Waals surface area contributed by atoms with Gasteiger partial charge in [-0.15, -0.1) is 0 Å². The molecule has 1 saturated carbocycles. The molecule has 0 bridgehead atoms. The lowest BCUT2D eigenvalue weighted by Crippen LogP contribution is -2.53. The summed E-state index contributed by atoms with van der Waals surface area (Å²) in [5.74, 6) is -1.66. The molecule has 5 rings (SSSR count). The average Bonchev–Trinajstić information content (AvgIpc) is 3.26. The zero-order valence-electron chi connectivity index (χ0n) is 18.6. The van der Waals surface area contributed by atoms with Gasteiger partial charge in [-0.25, -0.2) is 8.78 Å². The van der Waals surface area contributed by atoms with Crippen molar-refractivity contribution in [1.29, 1.82) is 0 Å². The summed E-state index contributed by atoms with van der Waals surface area (Å²) >= 11 is 0. The van der Waals surface area contributed by atoms with Crippen molar-refractivity contribution >= 4 is 10.9 Å². The largest absolute Gasteiger partial charge is 0.496 e. The van der Waals surface area contributed by atoms with Crippen molar-refractivity contribution in [1.82, 2.24) is 9.88 Å². The molecule has 2 aliphatic rings. The van der Waals surface area contributed by atoms with E-state index in [0.717, 1.165) is 58.3 Å². The van der Waals surface area contributed by atoms with Gasteiger partial charge in [-0.1, -0.05) is 24.3 Å². The second kappa shape index (κ2) is 7.85. The fraction of sp³-hybridized carbons (Fsp3) is 0.462. The van der Waals surface area contributed by atoms with E-state index >= 15 is 0 Å². The number of aliphatic hydroxyl groups excluding tert-OH is 1. The molecule has 2 fully saturated rings. The van der Waals surface area contributed by atoms with E-state index in [-0.39, 0.29) is 30.9 Å². The summed E-state index contributed by atoms with van der Waals surface area (Å²) in [6.07, 6.45) is 3.46. The van der Waals surface area contributed by atoms with E-state index in [9.17, 15) is 13.9 Å². The van der Waals surface area contributed by atoms with Crippen LogP contribution in [0.1, 0.15) is 54.0 Å². The number of hydrogen-bond donors (Lipinski definition) is 2. The molecule has 3 aromatic rings. The zero-order chi connectivity index (χ0) is 22.5. The molecule has 1 unspecified atom stereocenters. The van der Waals surface area contributed by atoms with Crippen LogP contribution >= 0.6 is 0 Å². The number of fused-ring (bicyclic) bond motifs is 1. The quantitative estimate of drug-likeness (QED) is 0.533. The van der Waals surface area contributed by atoms with Gasteiger partial charge in [0.15, 0.2) is 0 Å². The molecule has 1 aliphatic carbocycles. The lowest BCUT2D eigenvalue weighted by Gasteiger charge is -2.54. The molecule has 32 heavy (non-hydrogen) atoms. The van der Waals surface area contributed by atoms with Crippen molar-refractivity contribution in [3.63, 3.8) is 0 Å². The van der Waals surface area contributed by atoms with Crippen molar-refractivity contribution < 1.29 is 18.6 Å². The van der Waals surface area contributed by atoms with Gasteiger partial charge in [-0.3, -0.25) is 4.90 Å². The van der Waals surface area contributed by atoms with Crippen molar-refractivity contribution in [2.45, 2.75) is 57.7 Å². The van der Waals surface area contributed by atoms with Crippen molar-refractivity contribution in [3.8, 4) is 5.75 Å². The predicted molar refractivity (Wildman–Crippen MR) is 121 cm³/mol. The Morgan fingerprint density at radius 1 is 1.19 bits per heavy atom. The Labute approximate surface area is 187 Å². The molecule has 1 aromatic heterocycles. The van der Waals surface area contributed by atoms with Gasteiger partial charge < -0.3 is 14.8 Å². The smallest absolute Gasteiger partial charge is 0.249 e. The van der Waals surface area contributed by atoms with Crippen LogP contribution in [0.4, 0.5) is 8.78 Å². The van der Waals surface area contributed by atoms with Crippen LogP contribution in [0.3, 0.4) is 0 Å². The SMILES string of the molecule is COc1cc(C)c2[nH]ccc2c1CN1CCC2(CC1c1ccc(CO)cc1)CC(F)(F)C2. The number of aliphatic hydroxyl groups is 1. The number of ether oxygens (including phenoxy) is 1. The van der Waals surface area contributed by atoms with Gasteiger partial charge in [-0.05, 0) is 60.5 Å². The second-order valence-electron chi connectivity index (χ2n) is 9.69. The van der Waals surface area contributed by atoms with Gasteiger partial charge in [0.1, 0.15) is 5.75 Å². The minimum absolute atomic E-state index is 0.00312. The maximum absolute atomic E-state index is 13.9. The van der Waals surface area contributed by atoms with Crippen molar-refractivity contribution in [2.75, 3.05) is 13.7 Å². The standard InChI is InChI=1S/C26H30F2N2O2/c1-17-11-23(32-2)21(20-7-9-29-24(17)20)13-30-10-8-25(15-26(27,28)16-25)12-22(30)19-5-3-18(14-31)4-6-19/h3-7,9,11,22,29,31H,8,10,12-16H2,1-2H3. The molecule has 1 atom stereocenters. The van der Waals surface area contributed by atoms with Gasteiger partial charge in [0.2, 0.25) is 5.92 Å². The minimum Gasteiger partial charge on any atom is -0.496 e. The number of rotatable bonds is 5. The first-order valence-electron chi connectivity index (χ1n) is 11.3. The predicted octanol–water partition coefficient (Wildman–Crippen LogP) is 5.73. The number of likely N-dealkylation sites (tertiary alicyclic amines) is 1. The van der Waals surface area contributed by atoms with Gasteiger partial charge in [0.05, 0.1) is 13.7 Å². The Morgan fingerprint density at radius 2 is 1.94 bits per heavy atom. The molecule has 2 heterocycles. The van der Waals surface area contributed by atoms with Gasteiger partial charge in [0, 0.05) is 48.1 Å². The van der Waals surface area contributed by atoms with Crippen molar-refractivity contribution in [3.05, 3.63) is 64.8 Å². The van der Waals surface area contributed by atoms with Crippen LogP contribution in [0.5, 0.6) is 5.75 Å². The molecule has 2 N–H and O–H groups in total. The Kier molecular flexibility index (Phi) is 5.25. The number of piperidine rings is 1. The summed E-state index contributed by atoms with van der Waals surface area (Å²) in [6.45, 7) is 3.52. The number of nitrogens with zero attached hydrogens (tertiary/aromatic N) is 1. The van der Waals surface area contributed by atoms with Crippen LogP contribution in [0.15, 0.2) is 42.6 Å². The summed E-state index contributed by atoms with van der Waals surface area (Å²) in [5.41, 5.74) is 5.07. The number of methoxy groups -OCH3 is 1. The highest BCUT2D eigenvalue weighted by Crippen LogP contribution is 2.60. The fourth-order valence-electron chi connectivity index (χ4n) is 5.89. The molecule has 1 saturated heterocycles. The molecule has 0 amide bonds. The lowest BCUT2D eigenvalue weighted by molar-refractivity contribution is -0.186. The number of aryl methyl sites for hydroxylation is 1. The Balaban J connectivity index is 1.50. The molecule has 2 aromatic carbocycles. The van der Waals surface area contributed by atoms with E-state index in [1.54, 1.807) is 7.11 Å². The molecule has 6 heteroatoms. The normalized spacial score (nSPS) is 22.2. The summed E-state index contributed by atoms with van der Waals surface area (Å²) in [7, 11) is 1.70. The monoisotopic (exact) mass is 440 g/mol. The third kappa shape index (κ3) is 3.69. The molecule has 1 spiro atoms. The van der Waals surface area contributed by atoms with Crippen LogP contribution in [-0.4, -0.2) is 34.6 Å². The number of H-pyrrole nitrogens is 1. The topological polar surface area (TPSA) is 48.5 Å². The Bertz CT molecular complexity index is 1110. The third-order valence-electron chi connectivity index (χ3n) is 7.50. The van der Waals surface area contributed by atoms with Crippen LogP contribution in [0.2, 0.25) is 0 Å². The van der Waals surface area contributed by atoms with E-state index in [2.05, 4.69) is 28.9 Å². The summed E-state index contributed by atoms with van der Waals surface area (Å²) in [4.78, 5) is 5.74. The number of nitrogens with one attached hydrogen (secondary N) is 1. The van der Waals surface area contributed by atoms with Gasteiger partial charge in [-0.2, -0.15) is 0 Å². The fourth-order valence-corrected chi connectivity index (χ4v) is 5.89. The first-order valence-corrected chi connectivity index (χ1v) is 11.3. The first kappa shape index (κ1) is 21.4. The summed E-state index contributed by atoms with van der Waals surface area (Å²) in [5, 5.41) is 10.6. The minimum atomic E-state index is -2.52. The second-order valence-corrected chi connectivity index (χ2v) is 9.69.